The van der Waals surface area contributed by atoms with Crippen LogP contribution < -0.4 is 0 Å². The Bertz CT molecular complexity index is 640. The lowest BCUT2D eigenvalue weighted by atomic mass is 10.3. The topological polar surface area (TPSA) is 75.3 Å². The van der Waals surface area contributed by atoms with Gasteiger partial charge in [-0.2, -0.15) is 0 Å². The summed E-state index contributed by atoms with van der Waals surface area (Å²) in [5.41, 5.74) is 1.44. The number of benzene rings is 1. The maximum absolute atomic E-state index is 10.8. The Morgan fingerprint density at radius 3 is 2.65 bits per heavy atom. The highest BCUT2D eigenvalue weighted by molar-refractivity contribution is 6.42. The zero-order chi connectivity index (χ0) is 14.7. The molecule has 1 heterocycles. The van der Waals surface area contributed by atoms with Gasteiger partial charge in [0.25, 0.3) is 0 Å². The number of aryl methyl sites for hydroxylation is 2. The summed E-state index contributed by atoms with van der Waals surface area (Å²) in [5, 5.41) is 18.6. The minimum Gasteiger partial charge on any atom is -0.481 e. The lowest BCUT2D eigenvalue weighted by Gasteiger charge is -2.07. The van der Waals surface area contributed by atoms with E-state index in [9.17, 15) is 4.79 Å². The number of rotatable bonds is 6. The molecule has 0 aliphatic heterocycles. The number of hydrogen-bond donors (Lipinski definition) is 2. The number of fused-ring (bicyclic) bond motifs is 1. The second-order valence-corrected chi connectivity index (χ2v) is 5.22. The summed E-state index contributed by atoms with van der Waals surface area (Å²) >= 11 is 12.0. The molecule has 0 saturated carbocycles. The van der Waals surface area contributed by atoms with Crippen molar-refractivity contribution in [3.63, 3.8) is 0 Å². The minimum atomic E-state index is -0.875. The van der Waals surface area contributed by atoms with Gasteiger partial charge in [0.05, 0.1) is 27.5 Å². The van der Waals surface area contributed by atoms with Crippen LogP contribution in [0.3, 0.4) is 0 Å². The molecule has 0 amide bonds. The van der Waals surface area contributed by atoms with Gasteiger partial charge in [-0.15, -0.1) is 0 Å². The largest absolute Gasteiger partial charge is 0.481 e. The molecule has 0 unspecified atom stereocenters. The van der Waals surface area contributed by atoms with Crippen molar-refractivity contribution in [3.8, 4) is 0 Å². The van der Waals surface area contributed by atoms with Crippen molar-refractivity contribution in [1.29, 1.82) is 0 Å². The Morgan fingerprint density at radius 1 is 1.30 bits per heavy atom. The van der Waals surface area contributed by atoms with E-state index >= 15 is 0 Å². The molecule has 2 aromatic rings. The van der Waals surface area contributed by atoms with Gasteiger partial charge in [-0.3, -0.25) is 4.79 Å². The predicted molar refractivity (Wildman–Crippen MR) is 77.4 cm³/mol. The standard InChI is InChI=1S/C13H14Cl2N2O3/c14-8-6-10-11(7-9(8)15)17(4-3-13(19)20)12(16-10)2-1-5-18/h6-7,18H,1-5H2,(H,19,20). The van der Waals surface area contributed by atoms with Crippen molar-refractivity contribution in [2.75, 3.05) is 6.61 Å². The highest BCUT2D eigenvalue weighted by atomic mass is 35.5. The average molecular weight is 317 g/mol. The Balaban J connectivity index is 2.46. The lowest BCUT2D eigenvalue weighted by Crippen LogP contribution is -2.08. The summed E-state index contributed by atoms with van der Waals surface area (Å²) in [5.74, 6) is -0.145. The van der Waals surface area contributed by atoms with E-state index in [4.69, 9.17) is 33.4 Å². The predicted octanol–water partition coefficient (Wildman–Crippen LogP) is 2.74. The number of aliphatic hydroxyl groups is 1. The number of carboxylic acid groups (broad SMARTS) is 1. The highest BCUT2D eigenvalue weighted by Crippen LogP contribution is 2.28. The Labute approximate surface area is 125 Å². The van der Waals surface area contributed by atoms with Gasteiger partial charge in [0.15, 0.2) is 0 Å². The monoisotopic (exact) mass is 316 g/mol. The Morgan fingerprint density at radius 2 is 2.00 bits per heavy atom. The van der Waals surface area contributed by atoms with Gasteiger partial charge in [-0.1, -0.05) is 23.2 Å². The number of hydrogen-bond acceptors (Lipinski definition) is 3. The van der Waals surface area contributed by atoms with Crippen LogP contribution in [0.2, 0.25) is 10.0 Å². The molecule has 2 N–H and O–H groups in total. The van der Waals surface area contributed by atoms with E-state index in [0.29, 0.717) is 34.9 Å². The van der Waals surface area contributed by atoms with E-state index < -0.39 is 5.97 Å². The molecule has 0 aliphatic rings. The molecule has 7 heteroatoms. The number of aliphatic carboxylic acids is 1. The van der Waals surface area contributed by atoms with Crippen LogP contribution in [-0.4, -0.2) is 32.3 Å². The van der Waals surface area contributed by atoms with Crippen LogP contribution in [0.1, 0.15) is 18.7 Å². The van der Waals surface area contributed by atoms with Crippen molar-refractivity contribution in [2.45, 2.75) is 25.8 Å². The second kappa shape index (κ2) is 6.43. The fraction of sp³-hybridized carbons (Fsp3) is 0.385. The van der Waals surface area contributed by atoms with E-state index in [2.05, 4.69) is 4.98 Å². The first-order valence-electron chi connectivity index (χ1n) is 6.19. The molecular formula is C13H14Cl2N2O3. The molecule has 1 aromatic heterocycles. The number of carbonyl (C=O) groups is 1. The van der Waals surface area contributed by atoms with Crippen LogP contribution in [0.15, 0.2) is 12.1 Å². The summed E-state index contributed by atoms with van der Waals surface area (Å²) in [6.07, 6.45) is 1.13. The molecule has 1 aromatic carbocycles. The van der Waals surface area contributed by atoms with Crippen LogP contribution in [0, 0.1) is 0 Å². The first-order valence-corrected chi connectivity index (χ1v) is 6.95. The van der Waals surface area contributed by atoms with Crippen LogP contribution in [0.25, 0.3) is 11.0 Å². The van der Waals surface area contributed by atoms with Gasteiger partial charge in [0.1, 0.15) is 5.82 Å². The Kier molecular flexibility index (Phi) is 4.86. The third-order valence-corrected chi connectivity index (χ3v) is 3.70. The van der Waals surface area contributed by atoms with Gasteiger partial charge in [-0.05, 0) is 18.6 Å². The number of halogens is 2. The Hall–Kier alpha value is -1.30. The van der Waals surface area contributed by atoms with Gasteiger partial charge >= 0.3 is 5.97 Å². The van der Waals surface area contributed by atoms with Crippen molar-refractivity contribution in [3.05, 3.63) is 28.0 Å². The van der Waals surface area contributed by atoms with E-state index in [0.717, 1.165) is 11.3 Å². The number of carboxylic acids is 1. The van der Waals surface area contributed by atoms with E-state index in [1.165, 1.54) is 0 Å². The van der Waals surface area contributed by atoms with Crippen molar-refractivity contribution >= 4 is 40.2 Å². The first-order chi connectivity index (χ1) is 9.52. The molecule has 0 radical (unpaired) electrons. The molecule has 0 aliphatic carbocycles. The van der Waals surface area contributed by atoms with Gasteiger partial charge in [0.2, 0.25) is 0 Å². The smallest absolute Gasteiger partial charge is 0.305 e. The number of nitrogens with zero attached hydrogens (tertiary/aromatic N) is 2. The summed E-state index contributed by atoms with van der Waals surface area (Å²) < 4.78 is 1.82. The maximum atomic E-state index is 10.8. The number of aliphatic hydroxyl groups excluding tert-OH is 1. The van der Waals surface area contributed by atoms with Gasteiger partial charge in [0, 0.05) is 19.6 Å². The van der Waals surface area contributed by atoms with Crippen LogP contribution in [0.4, 0.5) is 0 Å². The highest BCUT2D eigenvalue weighted by Gasteiger charge is 2.13. The minimum absolute atomic E-state index is 0.00215. The summed E-state index contributed by atoms with van der Waals surface area (Å²) in [7, 11) is 0. The molecule has 0 bridgehead atoms. The quantitative estimate of drug-likeness (QED) is 0.859. The number of aromatic nitrogens is 2. The van der Waals surface area contributed by atoms with Crippen molar-refractivity contribution < 1.29 is 15.0 Å². The molecular weight excluding hydrogens is 303 g/mol. The van der Waals surface area contributed by atoms with Crippen molar-refractivity contribution in [1.82, 2.24) is 9.55 Å². The molecule has 0 atom stereocenters. The summed E-state index contributed by atoms with van der Waals surface area (Å²) in [6.45, 7) is 0.369. The first kappa shape index (κ1) is 15.1. The maximum Gasteiger partial charge on any atom is 0.305 e. The number of imidazole rings is 1. The third kappa shape index (κ3) is 3.23. The SMILES string of the molecule is O=C(O)CCn1c(CCCO)nc2cc(Cl)c(Cl)cc21. The zero-order valence-electron chi connectivity index (χ0n) is 10.6. The molecule has 0 fully saturated rings. The summed E-state index contributed by atoms with van der Waals surface area (Å²) in [6, 6.07) is 3.36. The summed E-state index contributed by atoms with van der Waals surface area (Å²) in [4.78, 5) is 15.2. The normalized spacial score (nSPS) is 11.2. The fourth-order valence-corrected chi connectivity index (χ4v) is 2.37. The van der Waals surface area contributed by atoms with Crippen LogP contribution in [0.5, 0.6) is 0 Å². The van der Waals surface area contributed by atoms with E-state index in [1.807, 2.05) is 4.57 Å². The van der Waals surface area contributed by atoms with Crippen LogP contribution >= 0.6 is 23.2 Å². The molecule has 2 rings (SSSR count). The molecule has 5 nitrogen and oxygen atoms in total. The third-order valence-electron chi connectivity index (χ3n) is 2.98. The zero-order valence-corrected chi connectivity index (χ0v) is 12.2. The van der Waals surface area contributed by atoms with Gasteiger partial charge < -0.3 is 14.8 Å². The van der Waals surface area contributed by atoms with E-state index in [1.54, 1.807) is 12.1 Å². The lowest BCUT2D eigenvalue weighted by molar-refractivity contribution is -0.137. The van der Waals surface area contributed by atoms with Crippen LogP contribution in [-0.2, 0) is 17.8 Å². The molecule has 20 heavy (non-hydrogen) atoms. The average Bonchev–Trinajstić information content (AvgIpc) is 2.71. The fourth-order valence-electron chi connectivity index (χ4n) is 2.06. The molecule has 108 valence electrons. The molecule has 0 saturated heterocycles. The van der Waals surface area contributed by atoms with E-state index in [-0.39, 0.29) is 13.0 Å². The van der Waals surface area contributed by atoms with Gasteiger partial charge in [-0.25, -0.2) is 4.98 Å². The van der Waals surface area contributed by atoms with Crippen molar-refractivity contribution in [2.24, 2.45) is 0 Å². The second-order valence-electron chi connectivity index (χ2n) is 4.41. The molecule has 0 spiro atoms.